The Morgan fingerprint density at radius 2 is 1.77 bits per heavy atom. The van der Waals surface area contributed by atoms with Gasteiger partial charge in [-0.15, -0.1) is 0 Å². The van der Waals surface area contributed by atoms with Gasteiger partial charge < -0.3 is 10.4 Å². The lowest BCUT2D eigenvalue weighted by molar-refractivity contribution is 0.155. The third kappa shape index (κ3) is 6.05. The summed E-state index contributed by atoms with van der Waals surface area (Å²) >= 11 is 0. The normalized spacial score (nSPS) is 12.5. The van der Waals surface area contributed by atoms with Crippen molar-refractivity contribution in [1.29, 1.82) is 0 Å². The topological polar surface area (TPSA) is 32.3 Å². The first-order valence-electron chi connectivity index (χ1n) is 5.37. The number of hydrogen-bond acceptors (Lipinski definition) is 2. The van der Waals surface area contributed by atoms with Gasteiger partial charge >= 0.3 is 0 Å². The number of nitrogens with one attached hydrogen (secondary N) is 1. The van der Waals surface area contributed by atoms with Crippen LogP contribution in [-0.2, 0) is 0 Å². The highest BCUT2D eigenvalue weighted by molar-refractivity contribution is 4.71. The highest BCUT2D eigenvalue weighted by Gasteiger charge is 2.15. The maximum absolute atomic E-state index is 9.03. The van der Waals surface area contributed by atoms with Gasteiger partial charge in [-0.3, -0.25) is 0 Å². The lowest BCUT2D eigenvalue weighted by atomic mass is 9.94. The summed E-state index contributed by atoms with van der Waals surface area (Å²) in [6.07, 6.45) is 2.48. The monoisotopic (exact) mass is 187 g/mol. The summed E-state index contributed by atoms with van der Waals surface area (Å²) < 4.78 is 0. The molecule has 0 rings (SSSR count). The zero-order valence-electron chi connectivity index (χ0n) is 9.56. The minimum absolute atomic E-state index is 0.0199. The second-order valence-corrected chi connectivity index (χ2v) is 4.64. The molecule has 2 heteroatoms. The predicted molar refractivity (Wildman–Crippen MR) is 57.8 cm³/mol. The van der Waals surface area contributed by atoms with Crippen molar-refractivity contribution < 1.29 is 5.11 Å². The van der Waals surface area contributed by atoms with E-state index in [1.807, 2.05) is 0 Å². The fraction of sp³-hybridized carbons (Fsp3) is 1.00. The maximum atomic E-state index is 9.03. The molecule has 0 fully saturated rings. The standard InChI is InChI=1S/C11H25NO/c1-5-10(6-2)7-12-8-11(3,4)9-13/h10,12-13H,5-9H2,1-4H3. The molecule has 0 saturated carbocycles. The average Bonchev–Trinajstić information content (AvgIpc) is 2.12. The van der Waals surface area contributed by atoms with Crippen LogP contribution in [0.5, 0.6) is 0 Å². The second kappa shape index (κ2) is 6.39. The van der Waals surface area contributed by atoms with Gasteiger partial charge in [0.05, 0.1) is 0 Å². The zero-order valence-corrected chi connectivity index (χ0v) is 9.56. The van der Waals surface area contributed by atoms with E-state index in [0.29, 0.717) is 0 Å². The Labute approximate surface area is 82.7 Å². The molecule has 13 heavy (non-hydrogen) atoms. The van der Waals surface area contributed by atoms with E-state index in [1.54, 1.807) is 0 Å². The van der Waals surface area contributed by atoms with Crippen LogP contribution in [-0.4, -0.2) is 24.8 Å². The molecule has 0 aliphatic heterocycles. The molecule has 0 aromatic rings. The Morgan fingerprint density at radius 3 is 2.15 bits per heavy atom. The molecular weight excluding hydrogens is 162 g/mol. The first kappa shape index (κ1) is 12.9. The quantitative estimate of drug-likeness (QED) is 0.639. The van der Waals surface area contributed by atoms with Crippen LogP contribution in [0.15, 0.2) is 0 Å². The molecule has 0 saturated heterocycles. The first-order valence-corrected chi connectivity index (χ1v) is 5.37. The van der Waals surface area contributed by atoms with Gasteiger partial charge in [-0.05, 0) is 12.5 Å². The number of aliphatic hydroxyl groups excluding tert-OH is 1. The van der Waals surface area contributed by atoms with Crippen LogP contribution in [0.1, 0.15) is 40.5 Å². The summed E-state index contributed by atoms with van der Waals surface area (Å²) in [7, 11) is 0. The SMILES string of the molecule is CCC(CC)CNCC(C)(C)CO. The summed E-state index contributed by atoms with van der Waals surface area (Å²) in [5.74, 6) is 0.787. The third-order valence-corrected chi connectivity index (χ3v) is 2.62. The van der Waals surface area contributed by atoms with Crippen molar-refractivity contribution in [2.45, 2.75) is 40.5 Å². The summed E-state index contributed by atoms with van der Waals surface area (Å²) in [5.41, 5.74) is 0.0199. The first-order chi connectivity index (χ1) is 6.05. The van der Waals surface area contributed by atoms with Crippen LogP contribution in [0, 0.1) is 11.3 Å². The molecule has 0 aromatic heterocycles. The van der Waals surface area contributed by atoms with Gasteiger partial charge in [0.25, 0.3) is 0 Å². The molecule has 0 unspecified atom stereocenters. The molecule has 0 atom stereocenters. The summed E-state index contributed by atoms with van der Waals surface area (Å²) in [6, 6.07) is 0. The van der Waals surface area contributed by atoms with E-state index in [4.69, 9.17) is 5.11 Å². The molecule has 0 aromatic carbocycles. The molecule has 0 amide bonds. The largest absolute Gasteiger partial charge is 0.396 e. The van der Waals surface area contributed by atoms with Crippen LogP contribution in [0.25, 0.3) is 0 Å². The van der Waals surface area contributed by atoms with E-state index >= 15 is 0 Å². The minimum Gasteiger partial charge on any atom is -0.396 e. The second-order valence-electron chi connectivity index (χ2n) is 4.64. The fourth-order valence-electron chi connectivity index (χ4n) is 1.25. The predicted octanol–water partition coefficient (Wildman–Crippen LogP) is 2.03. The summed E-state index contributed by atoms with van der Waals surface area (Å²) in [5, 5.41) is 12.5. The van der Waals surface area contributed by atoms with E-state index in [0.717, 1.165) is 19.0 Å². The summed E-state index contributed by atoms with van der Waals surface area (Å²) in [4.78, 5) is 0. The molecular formula is C11H25NO. The average molecular weight is 187 g/mol. The number of aliphatic hydroxyl groups is 1. The Morgan fingerprint density at radius 1 is 1.23 bits per heavy atom. The third-order valence-electron chi connectivity index (χ3n) is 2.62. The molecule has 0 spiro atoms. The van der Waals surface area contributed by atoms with Crippen molar-refractivity contribution in [3.63, 3.8) is 0 Å². The Bertz CT molecular complexity index is 119. The van der Waals surface area contributed by atoms with Gasteiger partial charge in [0.15, 0.2) is 0 Å². The van der Waals surface area contributed by atoms with E-state index < -0.39 is 0 Å². The zero-order chi connectivity index (χ0) is 10.3. The molecule has 0 heterocycles. The molecule has 2 nitrogen and oxygen atoms in total. The van der Waals surface area contributed by atoms with E-state index in [1.165, 1.54) is 12.8 Å². The molecule has 0 radical (unpaired) electrons. The lowest BCUT2D eigenvalue weighted by Crippen LogP contribution is -2.34. The molecule has 0 aliphatic carbocycles. The molecule has 80 valence electrons. The van der Waals surface area contributed by atoms with E-state index in [9.17, 15) is 0 Å². The van der Waals surface area contributed by atoms with Crippen LogP contribution in [0.3, 0.4) is 0 Å². The van der Waals surface area contributed by atoms with Gasteiger partial charge in [-0.2, -0.15) is 0 Å². The van der Waals surface area contributed by atoms with Gasteiger partial charge in [0.1, 0.15) is 0 Å². The van der Waals surface area contributed by atoms with Crippen LogP contribution >= 0.6 is 0 Å². The van der Waals surface area contributed by atoms with E-state index in [-0.39, 0.29) is 12.0 Å². The Hall–Kier alpha value is -0.0800. The number of rotatable bonds is 7. The Balaban J connectivity index is 3.54. The van der Waals surface area contributed by atoms with E-state index in [2.05, 4.69) is 33.0 Å². The van der Waals surface area contributed by atoms with Gasteiger partial charge in [-0.1, -0.05) is 40.5 Å². The van der Waals surface area contributed by atoms with Crippen LogP contribution < -0.4 is 5.32 Å². The van der Waals surface area contributed by atoms with Crippen molar-refractivity contribution in [2.24, 2.45) is 11.3 Å². The van der Waals surface area contributed by atoms with Crippen LogP contribution in [0.4, 0.5) is 0 Å². The number of hydrogen-bond donors (Lipinski definition) is 2. The smallest absolute Gasteiger partial charge is 0.0494 e. The van der Waals surface area contributed by atoms with Gasteiger partial charge in [0.2, 0.25) is 0 Å². The van der Waals surface area contributed by atoms with Crippen molar-refractivity contribution in [3.8, 4) is 0 Å². The van der Waals surface area contributed by atoms with Crippen molar-refractivity contribution in [1.82, 2.24) is 5.32 Å². The molecule has 0 bridgehead atoms. The maximum Gasteiger partial charge on any atom is 0.0494 e. The Kier molecular flexibility index (Phi) is 6.35. The van der Waals surface area contributed by atoms with Crippen LogP contribution in [0.2, 0.25) is 0 Å². The fourth-order valence-corrected chi connectivity index (χ4v) is 1.25. The van der Waals surface area contributed by atoms with Crippen molar-refractivity contribution in [2.75, 3.05) is 19.7 Å². The summed E-state index contributed by atoms with van der Waals surface area (Å²) in [6.45, 7) is 10.8. The molecule has 0 aliphatic rings. The van der Waals surface area contributed by atoms with Crippen molar-refractivity contribution in [3.05, 3.63) is 0 Å². The lowest BCUT2D eigenvalue weighted by Gasteiger charge is -2.23. The van der Waals surface area contributed by atoms with Crippen molar-refractivity contribution >= 4 is 0 Å². The van der Waals surface area contributed by atoms with Gasteiger partial charge in [0, 0.05) is 18.6 Å². The highest BCUT2D eigenvalue weighted by Crippen LogP contribution is 2.12. The van der Waals surface area contributed by atoms with Gasteiger partial charge in [-0.25, -0.2) is 0 Å². The minimum atomic E-state index is 0.0199. The molecule has 2 N–H and O–H groups in total. The highest BCUT2D eigenvalue weighted by atomic mass is 16.3.